The molecule has 1 aromatic carbocycles. The van der Waals surface area contributed by atoms with Gasteiger partial charge < -0.3 is 0 Å². The van der Waals surface area contributed by atoms with Crippen molar-refractivity contribution in [1.82, 2.24) is 0 Å². The van der Waals surface area contributed by atoms with Gasteiger partial charge in [0.25, 0.3) is 0 Å². The topological polar surface area (TPSA) is 48.8 Å². The molecule has 68 valence electrons. The van der Waals surface area contributed by atoms with Gasteiger partial charge in [-0.15, -0.1) is 11.3 Å². The van der Waals surface area contributed by atoms with Crippen LogP contribution in [0.5, 0.6) is 0 Å². The lowest BCUT2D eigenvalue weighted by molar-refractivity contribution is 1.48. The Labute approximate surface area is 85.3 Å². The maximum Gasteiger partial charge on any atom is 0.0461 e. The lowest BCUT2D eigenvalue weighted by Crippen LogP contribution is -1.71. The number of hydrogen-bond donors (Lipinski definition) is 0. The number of nitrogens with zero attached hydrogens (tertiary/aromatic N) is 3. The lowest BCUT2D eigenvalue weighted by Gasteiger charge is -2.00. The Kier molecular flexibility index (Phi) is 2.49. The molecule has 0 N–H and O–H groups in total. The van der Waals surface area contributed by atoms with E-state index in [1.807, 2.05) is 41.8 Å². The number of rotatable bonds is 2. The zero-order valence-electron chi connectivity index (χ0n) is 7.29. The second-order valence-electron chi connectivity index (χ2n) is 2.68. The quantitative estimate of drug-likeness (QED) is 0.394. The molecular formula is C10H7N3S. The lowest BCUT2D eigenvalue weighted by atomic mass is 10.1. The Balaban J connectivity index is 2.57. The van der Waals surface area contributed by atoms with E-state index in [0.29, 0.717) is 5.69 Å². The number of thiophene rings is 1. The summed E-state index contributed by atoms with van der Waals surface area (Å²) in [5.41, 5.74) is 10.1. The molecule has 0 saturated heterocycles. The van der Waals surface area contributed by atoms with E-state index in [2.05, 4.69) is 10.0 Å². The van der Waals surface area contributed by atoms with Crippen molar-refractivity contribution in [2.75, 3.05) is 0 Å². The smallest absolute Gasteiger partial charge is 0.0461 e. The summed E-state index contributed by atoms with van der Waals surface area (Å²) in [6.07, 6.45) is 0. The first-order chi connectivity index (χ1) is 6.92. The molecule has 0 unspecified atom stereocenters. The highest BCUT2D eigenvalue weighted by Crippen LogP contribution is 2.32. The predicted molar refractivity (Wildman–Crippen MR) is 58.6 cm³/mol. The van der Waals surface area contributed by atoms with Gasteiger partial charge in [-0.25, -0.2) is 0 Å². The molecule has 0 spiro atoms. The standard InChI is InChI=1S/C10H7N3S/c11-13-12-9-5-2-1-4-8(9)10-6-3-7-14-10/h1-7H. The van der Waals surface area contributed by atoms with Crippen molar-refractivity contribution in [2.24, 2.45) is 5.11 Å². The van der Waals surface area contributed by atoms with E-state index in [0.717, 1.165) is 10.4 Å². The van der Waals surface area contributed by atoms with Gasteiger partial charge in [0.15, 0.2) is 0 Å². The van der Waals surface area contributed by atoms with Gasteiger partial charge in [0.05, 0.1) is 0 Å². The number of benzene rings is 1. The molecule has 0 atom stereocenters. The molecule has 0 aliphatic carbocycles. The minimum atomic E-state index is 0.678. The first kappa shape index (κ1) is 8.81. The van der Waals surface area contributed by atoms with Crippen molar-refractivity contribution in [3.63, 3.8) is 0 Å². The Morgan fingerprint density at radius 3 is 2.71 bits per heavy atom. The zero-order chi connectivity index (χ0) is 9.80. The molecule has 0 saturated carbocycles. The molecule has 0 fully saturated rings. The largest absolute Gasteiger partial charge is 0.144 e. The molecule has 1 heterocycles. The monoisotopic (exact) mass is 201 g/mol. The molecule has 14 heavy (non-hydrogen) atoms. The van der Waals surface area contributed by atoms with E-state index in [4.69, 9.17) is 5.53 Å². The fraction of sp³-hybridized carbons (Fsp3) is 0. The summed E-state index contributed by atoms with van der Waals surface area (Å²) in [6, 6.07) is 11.6. The van der Waals surface area contributed by atoms with Gasteiger partial charge >= 0.3 is 0 Å². The first-order valence-corrected chi connectivity index (χ1v) is 4.98. The second kappa shape index (κ2) is 3.96. The molecular weight excluding hydrogens is 194 g/mol. The zero-order valence-corrected chi connectivity index (χ0v) is 8.11. The molecule has 0 amide bonds. The van der Waals surface area contributed by atoms with Gasteiger partial charge in [-0.2, -0.15) is 0 Å². The van der Waals surface area contributed by atoms with Crippen LogP contribution in [0.1, 0.15) is 0 Å². The van der Waals surface area contributed by atoms with Crippen LogP contribution in [0, 0.1) is 0 Å². The molecule has 2 aromatic rings. The van der Waals surface area contributed by atoms with E-state index in [-0.39, 0.29) is 0 Å². The highest BCUT2D eigenvalue weighted by Gasteiger charge is 2.02. The Hall–Kier alpha value is -1.77. The summed E-state index contributed by atoms with van der Waals surface area (Å²) in [7, 11) is 0. The first-order valence-electron chi connectivity index (χ1n) is 4.10. The molecule has 1 aromatic heterocycles. The van der Waals surface area contributed by atoms with E-state index < -0.39 is 0 Å². The van der Waals surface area contributed by atoms with Crippen LogP contribution < -0.4 is 0 Å². The summed E-state index contributed by atoms with van der Waals surface area (Å²) < 4.78 is 0. The SMILES string of the molecule is [N-]=[N+]=Nc1ccccc1-c1cccs1. The van der Waals surface area contributed by atoms with Crippen molar-refractivity contribution in [3.05, 3.63) is 52.2 Å². The predicted octanol–water partition coefficient (Wildman–Crippen LogP) is 4.36. The van der Waals surface area contributed by atoms with Crippen LogP contribution in [0.4, 0.5) is 5.69 Å². The van der Waals surface area contributed by atoms with Crippen molar-refractivity contribution >= 4 is 17.0 Å². The highest BCUT2D eigenvalue weighted by atomic mass is 32.1. The van der Waals surface area contributed by atoms with E-state index in [1.165, 1.54) is 0 Å². The fourth-order valence-corrected chi connectivity index (χ4v) is 2.01. The Bertz CT molecular complexity index is 470. The third-order valence-electron chi connectivity index (χ3n) is 1.84. The Morgan fingerprint density at radius 2 is 2.00 bits per heavy atom. The van der Waals surface area contributed by atoms with Gasteiger partial charge in [0, 0.05) is 21.0 Å². The molecule has 2 rings (SSSR count). The summed E-state index contributed by atoms with van der Waals surface area (Å²) in [6.45, 7) is 0. The fourth-order valence-electron chi connectivity index (χ4n) is 1.25. The normalized spacial score (nSPS) is 9.43. The summed E-state index contributed by atoms with van der Waals surface area (Å²) >= 11 is 1.63. The van der Waals surface area contributed by atoms with Gasteiger partial charge in [-0.05, 0) is 17.0 Å². The van der Waals surface area contributed by atoms with Gasteiger partial charge in [-0.3, -0.25) is 0 Å². The van der Waals surface area contributed by atoms with Gasteiger partial charge in [-0.1, -0.05) is 35.4 Å². The second-order valence-corrected chi connectivity index (χ2v) is 3.63. The van der Waals surface area contributed by atoms with E-state index >= 15 is 0 Å². The average Bonchev–Trinajstić information content (AvgIpc) is 2.72. The summed E-state index contributed by atoms with van der Waals surface area (Å²) in [5, 5.41) is 5.65. The van der Waals surface area contributed by atoms with E-state index in [1.54, 1.807) is 11.3 Å². The van der Waals surface area contributed by atoms with E-state index in [9.17, 15) is 0 Å². The summed E-state index contributed by atoms with van der Waals surface area (Å²) in [4.78, 5) is 3.92. The maximum absolute atomic E-state index is 8.40. The van der Waals surface area contributed by atoms with Crippen LogP contribution in [0.15, 0.2) is 46.9 Å². The van der Waals surface area contributed by atoms with Gasteiger partial charge in [0.1, 0.15) is 0 Å². The Morgan fingerprint density at radius 1 is 1.14 bits per heavy atom. The van der Waals surface area contributed by atoms with Crippen LogP contribution in [0.25, 0.3) is 20.9 Å². The van der Waals surface area contributed by atoms with Crippen molar-refractivity contribution in [1.29, 1.82) is 0 Å². The number of azide groups is 1. The summed E-state index contributed by atoms with van der Waals surface area (Å²) in [5.74, 6) is 0. The molecule has 0 aliphatic rings. The van der Waals surface area contributed by atoms with Crippen molar-refractivity contribution in [3.8, 4) is 10.4 Å². The van der Waals surface area contributed by atoms with Crippen molar-refractivity contribution in [2.45, 2.75) is 0 Å². The maximum atomic E-state index is 8.40. The highest BCUT2D eigenvalue weighted by molar-refractivity contribution is 7.13. The minimum Gasteiger partial charge on any atom is -0.144 e. The van der Waals surface area contributed by atoms with Crippen LogP contribution in [0.2, 0.25) is 0 Å². The van der Waals surface area contributed by atoms with Crippen LogP contribution >= 0.6 is 11.3 Å². The molecule has 0 bridgehead atoms. The molecule has 4 heteroatoms. The number of hydrogen-bond acceptors (Lipinski definition) is 2. The van der Waals surface area contributed by atoms with Crippen molar-refractivity contribution < 1.29 is 0 Å². The van der Waals surface area contributed by atoms with Gasteiger partial charge in [0.2, 0.25) is 0 Å². The third-order valence-corrected chi connectivity index (χ3v) is 2.75. The third kappa shape index (κ3) is 1.62. The van der Waals surface area contributed by atoms with Crippen LogP contribution in [-0.4, -0.2) is 0 Å². The molecule has 0 radical (unpaired) electrons. The van der Waals surface area contributed by atoms with Crippen LogP contribution in [0.3, 0.4) is 0 Å². The van der Waals surface area contributed by atoms with Crippen LogP contribution in [-0.2, 0) is 0 Å². The molecule has 0 aliphatic heterocycles. The molecule has 3 nitrogen and oxygen atoms in total. The minimum absolute atomic E-state index is 0.678. The average molecular weight is 201 g/mol.